The number of likely N-dealkylation sites (tertiary alicyclic amines) is 1. The second kappa shape index (κ2) is 8.03. The van der Waals surface area contributed by atoms with Crippen LogP contribution in [0.4, 0.5) is 0 Å². The van der Waals surface area contributed by atoms with Gasteiger partial charge < -0.3 is 23.8 Å². The number of ether oxygens (including phenoxy) is 1. The summed E-state index contributed by atoms with van der Waals surface area (Å²) in [7, 11) is 1.60. The highest BCUT2D eigenvalue weighted by atomic mass is 16.5. The van der Waals surface area contributed by atoms with Gasteiger partial charge in [0.15, 0.2) is 11.3 Å². The van der Waals surface area contributed by atoms with Crippen molar-refractivity contribution >= 4 is 22.8 Å². The molecule has 0 radical (unpaired) electrons. The maximum Gasteiger partial charge on any atom is 0.257 e. The minimum absolute atomic E-state index is 0.0136. The summed E-state index contributed by atoms with van der Waals surface area (Å²) in [4.78, 5) is 26.9. The Labute approximate surface area is 168 Å². The summed E-state index contributed by atoms with van der Waals surface area (Å²) in [6, 6.07) is 9.02. The van der Waals surface area contributed by atoms with Crippen molar-refractivity contribution in [2.24, 2.45) is 5.92 Å². The third kappa shape index (κ3) is 3.85. The molecule has 1 atom stereocenters. The molecule has 1 aliphatic rings. The molecule has 3 aromatic rings. The number of para-hydroxylation sites is 1. The van der Waals surface area contributed by atoms with Crippen molar-refractivity contribution in [2.45, 2.75) is 25.8 Å². The van der Waals surface area contributed by atoms with Crippen LogP contribution in [-0.2, 0) is 4.79 Å². The van der Waals surface area contributed by atoms with Crippen molar-refractivity contribution in [2.75, 3.05) is 20.2 Å². The van der Waals surface area contributed by atoms with Crippen molar-refractivity contribution in [1.29, 1.82) is 0 Å². The zero-order valence-corrected chi connectivity index (χ0v) is 16.5. The molecule has 152 valence electrons. The van der Waals surface area contributed by atoms with E-state index in [0.717, 1.165) is 5.39 Å². The third-order valence-electron chi connectivity index (χ3n) is 5.45. The monoisotopic (exact) mass is 396 g/mol. The van der Waals surface area contributed by atoms with Gasteiger partial charge in [-0.3, -0.25) is 9.59 Å². The van der Waals surface area contributed by atoms with E-state index in [9.17, 15) is 9.59 Å². The number of methoxy groups -OCH3 is 1. The van der Waals surface area contributed by atoms with Gasteiger partial charge in [0.1, 0.15) is 12.0 Å². The second-order valence-corrected chi connectivity index (χ2v) is 7.34. The molecule has 1 aromatic carbocycles. The summed E-state index contributed by atoms with van der Waals surface area (Å²) >= 11 is 0. The molecule has 3 heterocycles. The average Bonchev–Trinajstić information content (AvgIpc) is 3.43. The first kappa shape index (κ1) is 19.1. The predicted molar refractivity (Wildman–Crippen MR) is 107 cm³/mol. The molecule has 1 fully saturated rings. The zero-order chi connectivity index (χ0) is 20.4. The number of hydrogen-bond donors (Lipinski definition) is 1. The Hall–Kier alpha value is -3.22. The summed E-state index contributed by atoms with van der Waals surface area (Å²) in [5.74, 6) is 1.17. The van der Waals surface area contributed by atoms with Gasteiger partial charge in [-0.05, 0) is 38.0 Å². The SMILES string of the molecule is COc1cccc2cc(C(C)NC(=O)C3CCN(C(=O)c4ccoc4)CC3)oc12. The van der Waals surface area contributed by atoms with Gasteiger partial charge in [0.05, 0.1) is 25.0 Å². The Morgan fingerprint density at radius 1 is 1.24 bits per heavy atom. The van der Waals surface area contributed by atoms with Crippen LogP contribution in [0.3, 0.4) is 0 Å². The van der Waals surface area contributed by atoms with Crippen molar-refractivity contribution < 1.29 is 23.2 Å². The van der Waals surface area contributed by atoms with Crippen LogP contribution in [0.15, 0.2) is 51.7 Å². The van der Waals surface area contributed by atoms with Crippen LogP contribution in [0.5, 0.6) is 5.75 Å². The molecule has 4 rings (SSSR count). The summed E-state index contributed by atoms with van der Waals surface area (Å²) < 4.78 is 16.2. The summed E-state index contributed by atoms with van der Waals surface area (Å²) in [5, 5.41) is 3.98. The molecule has 2 amide bonds. The van der Waals surface area contributed by atoms with E-state index in [-0.39, 0.29) is 23.8 Å². The molecule has 0 saturated carbocycles. The fraction of sp³-hybridized carbons (Fsp3) is 0.364. The smallest absolute Gasteiger partial charge is 0.257 e. The highest BCUT2D eigenvalue weighted by Gasteiger charge is 2.29. The first-order valence-electron chi connectivity index (χ1n) is 9.75. The summed E-state index contributed by atoms with van der Waals surface area (Å²) in [6.07, 6.45) is 4.21. The highest BCUT2D eigenvalue weighted by Crippen LogP contribution is 2.31. The number of rotatable bonds is 5. The van der Waals surface area contributed by atoms with E-state index in [1.807, 2.05) is 31.2 Å². The first-order chi connectivity index (χ1) is 14.1. The topological polar surface area (TPSA) is 84.9 Å². The van der Waals surface area contributed by atoms with Gasteiger partial charge in [-0.15, -0.1) is 0 Å². The predicted octanol–water partition coefficient (Wildman–Crippen LogP) is 3.76. The summed E-state index contributed by atoms with van der Waals surface area (Å²) in [5.41, 5.74) is 1.22. The van der Waals surface area contributed by atoms with Gasteiger partial charge in [-0.1, -0.05) is 12.1 Å². The van der Waals surface area contributed by atoms with Crippen molar-refractivity contribution in [3.05, 3.63) is 54.2 Å². The zero-order valence-electron chi connectivity index (χ0n) is 16.5. The lowest BCUT2D eigenvalue weighted by molar-refractivity contribution is -0.127. The largest absolute Gasteiger partial charge is 0.493 e. The normalized spacial score (nSPS) is 16.0. The molecule has 1 aliphatic heterocycles. The van der Waals surface area contributed by atoms with Crippen LogP contribution in [0.1, 0.15) is 41.9 Å². The molecule has 0 aliphatic carbocycles. The second-order valence-electron chi connectivity index (χ2n) is 7.34. The van der Waals surface area contributed by atoms with E-state index in [0.29, 0.717) is 48.6 Å². The standard InChI is InChI=1S/C22H24N2O5/c1-14(19-12-16-4-3-5-18(27-2)20(16)29-19)23-21(25)15-6-9-24(10-7-15)22(26)17-8-11-28-13-17/h3-5,8,11-15H,6-7,9-10H2,1-2H3,(H,23,25). The molecule has 1 saturated heterocycles. The van der Waals surface area contributed by atoms with Gasteiger partial charge in [0.25, 0.3) is 5.91 Å². The van der Waals surface area contributed by atoms with Crippen molar-refractivity contribution in [3.8, 4) is 5.75 Å². The number of carbonyl (C=O) groups is 2. The van der Waals surface area contributed by atoms with Gasteiger partial charge >= 0.3 is 0 Å². The lowest BCUT2D eigenvalue weighted by atomic mass is 9.95. The lowest BCUT2D eigenvalue weighted by Gasteiger charge is -2.31. The number of nitrogens with zero attached hydrogens (tertiary/aromatic N) is 1. The fourth-order valence-electron chi connectivity index (χ4n) is 3.75. The van der Waals surface area contributed by atoms with Crippen LogP contribution >= 0.6 is 0 Å². The molecule has 29 heavy (non-hydrogen) atoms. The van der Waals surface area contributed by atoms with E-state index in [1.165, 1.54) is 12.5 Å². The van der Waals surface area contributed by atoms with Crippen LogP contribution in [0.25, 0.3) is 11.0 Å². The number of carbonyl (C=O) groups excluding carboxylic acids is 2. The number of furan rings is 2. The number of fused-ring (bicyclic) bond motifs is 1. The number of piperidine rings is 1. The Morgan fingerprint density at radius 3 is 2.72 bits per heavy atom. The third-order valence-corrected chi connectivity index (χ3v) is 5.45. The van der Waals surface area contributed by atoms with Gasteiger partial charge in [-0.25, -0.2) is 0 Å². The van der Waals surface area contributed by atoms with E-state index in [2.05, 4.69) is 5.32 Å². The number of amides is 2. The Morgan fingerprint density at radius 2 is 2.03 bits per heavy atom. The van der Waals surface area contributed by atoms with Crippen LogP contribution in [-0.4, -0.2) is 36.9 Å². The fourth-order valence-corrected chi connectivity index (χ4v) is 3.75. The molecular formula is C22H24N2O5. The minimum Gasteiger partial charge on any atom is -0.493 e. The van der Waals surface area contributed by atoms with E-state index < -0.39 is 0 Å². The molecule has 1 N–H and O–H groups in total. The van der Waals surface area contributed by atoms with Crippen molar-refractivity contribution in [3.63, 3.8) is 0 Å². The molecule has 7 nitrogen and oxygen atoms in total. The Balaban J connectivity index is 1.35. The highest BCUT2D eigenvalue weighted by molar-refractivity contribution is 5.94. The Bertz CT molecular complexity index is 1000. The van der Waals surface area contributed by atoms with Crippen LogP contribution in [0, 0.1) is 5.92 Å². The summed E-state index contributed by atoms with van der Waals surface area (Å²) in [6.45, 7) is 3.01. The van der Waals surface area contributed by atoms with Crippen LogP contribution < -0.4 is 10.1 Å². The van der Waals surface area contributed by atoms with Crippen LogP contribution in [0.2, 0.25) is 0 Å². The van der Waals surface area contributed by atoms with E-state index in [4.69, 9.17) is 13.6 Å². The average molecular weight is 396 g/mol. The van der Waals surface area contributed by atoms with Crippen molar-refractivity contribution in [1.82, 2.24) is 10.2 Å². The first-order valence-corrected chi connectivity index (χ1v) is 9.75. The van der Waals surface area contributed by atoms with E-state index in [1.54, 1.807) is 18.1 Å². The Kier molecular flexibility index (Phi) is 5.29. The molecular weight excluding hydrogens is 372 g/mol. The lowest BCUT2D eigenvalue weighted by Crippen LogP contribution is -2.43. The van der Waals surface area contributed by atoms with Gasteiger partial charge in [-0.2, -0.15) is 0 Å². The van der Waals surface area contributed by atoms with Gasteiger partial charge in [0, 0.05) is 24.4 Å². The molecule has 0 spiro atoms. The maximum absolute atomic E-state index is 12.7. The number of nitrogens with one attached hydrogen (secondary N) is 1. The number of benzene rings is 1. The maximum atomic E-state index is 12.7. The molecule has 1 unspecified atom stereocenters. The molecule has 0 bridgehead atoms. The van der Waals surface area contributed by atoms with E-state index >= 15 is 0 Å². The molecule has 2 aromatic heterocycles. The van der Waals surface area contributed by atoms with Gasteiger partial charge in [0.2, 0.25) is 5.91 Å². The quantitative estimate of drug-likeness (QED) is 0.710. The minimum atomic E-state index is -0.259. The number of hydrogen-bond acceptors (Lipinski definition) is 5. The molecule has 7 heteroatoms.